The van der Waals surface area contributed by atoms with Crippen molar-refractivity contribution in [1.29, 1.82) is 0 Å². The van der Waals surface area contributed by atoms with Crippen LogP contribution in [0.25, 0.3) is 0 Å². The van der Waals surface area contributed by atoms with E-state index in [1.54, 1.807) is 30.2 Å². The minimum atomic E-state index is -0.706. The SMILES string of the molecule is CC[C@@H](C)NC(=O)[C@H](Cc1ccccc1)N(Cc1cccc(OC)c1)C(=O)Cc1ccc(Cl)c(Cl)c1. The Kier molecular flexibility index (Phi) is 10.2. The average Bonchev–Trinajstić information content (AvgIpc) is 2.88. The maximum atomic E-state index is 13.8. The highest BCUT2D eigenvalue weighted by atomic mass is 35.5. The van der Waals surface area contributed by atoms with Gasteiger partial charge in [0.15, 0.2) is 0 Å². The van der Waals surface area contributed by atoms with Crippen LogP contribution in [0, 0.1) is 0 Å². The van der Waals surface area contributed by atoms with Gasteiger partial charge in [0.05, 0.1) is 23.6 Å². The fraction of sp³-hybridized carbons (Fsp3) is 0.310. The number of ether oxygens (including phenoxy) is 1. The smallest absolute Gasteiger partial charge is 0.243 e. The van der Waals surface area contributed by atoms with Gasteiger partial charge in [-0.1, -0.05) is 78.7 Å². The summed E-state index contributed by atoms with van der Waals surface area (Å²) in [6.07, 6.45) is 1.26. The van der Waals surface area contributed by atoms with Gasteiger partial charge in [-0.05, 0) is 54.3 Å². The molecule has 2 atom stereocenters. The number of hydrogen-bond donors (Lipinski definition) is 1. The monoisotopic (exact) mass is 526 g/mol. The van der Waals surface area contributed by atoms with Crippen LogP contribution in [0.1, 0.15) is 37.0 Å². The molecule has 0 radical (unpaired) electrons. The molecule has 0 aliphatic heterocycles. The maximum absolute atomic E-state index is 13.8. The molecule has 0 fully saturated rings. The summed E-state index contributed by atoms with van der Waals surface area (Å²) in [6.45, 7) is 4.23. The second-order valence-corrected chi connectivity index (χ2v) is 9.64. The highest BCUT2D eigenvalue weighted by molar-refractivity contribution is 6.42. The van der Waals surface area contributed by atoms with Gasteiger partial charge in [0.25, 0.3) is 0 Å². The van der Waals surface area contributed by atoms with Crippen LogP contribution in [0.2, 0.25) is 10.0 Å². The van der Waals surface area contributed by atoms with Crippen LogP contribution in [0.3, 0.4) is 0 Å². The summed E-state index contributed by atoms with van der Waals surface area (Å²) in [4.78, 5) is 29.0. The molecule has 2 amide bonds. The zero-order valence-corrected chi connectivity index (χ0v) is 22.4. The summed E-state index contributed by atoms with van der Waals surface area (Å²) in [5, 5.41) is 3.89. The Morgan fingerprint density at radius 1 is 0.917 bits per heavy atom. The Balaban J connectivity index is 1.99. The van der Waals surface area contributed by atoms with Gasteiger partial charge < -0.3 is 15.0 Å². The third kappa shape index (κ3) is 7.74. The van der Waals surface area contributed by atoms with Gasteiger partial charge >= 0.3 is 0 Å². The van der Waals surface area contributed by atoms with Crippen molar-refractivity contribution < 1.29 is 14.3 Å². The van der Waals surface area contributed by atoms with E-state index in [0.29, 0.717) is 22.2 Å². The van der Waals surface area contributed by atoms with E-state index in [9.17, 15) is 9.59 Å². The minimum Gasteiger partial charge on any atom is -0.497 e. The summed E-state index contributed by atoms with van der Waals surface area (Å²) in [5.41, 5.74) is 2.57. The van der Waals surface area contributed by atoms with E-state index in [0.717, 1.165) is 23.1 Å². The molecule has 7 heteroatoms. The normalized spacial score (nSPS) is 12.5. The van der Waals surface area contributed by atoms with E-state index in [2.05, 4.69) is 5.32 Å². The highest BCUT2D eigenvalue weighted by Crippen LogP contribution is 2.24. The van der Waals surface area contributed by atoms with Crippen molar-refractivity contribution in [3.63, 3.8) is 0 Å². The van der Waals surface area contributed by atoms with Crippen molar-refractivity contribution in [3.8, 4) is 5.75 Å². The summed E-state index contributed by atoms with van der Waals surface area (Å²) < 4.78 is 5.38. The van der Waals surface area contributed by atoms with E-state index in [1.807, 2.05) is 68.4 Å². The number of carbonyl (C=O) groups is 2. The van der Waals surface area contributed by atoms with Crippen molar-refractivity contribution in [2.75, 3.05) is 7.11 Å². The molecule has 3 rings (SSSR count). The summed E-state index contributed by atoms with van der Waals surface area (Å²) in [6, 6.07) is 21.7. The number of benzene rings is 3. The number of hydrogen-bond acceptors (Lipinski definition) is 3. The summed E-state index contributed by atoms with van der Waals surface area (Å²) in [7, 11) is 1.60. The number of amides is 2. The third-order valence-corrected chi connectivity index (χ3v) is 6.84. The lowest BCUT2D eigenvalue weighted by molar-refractivity contribution is -0.141. The molecule has 0 aliphatic carbocycles. The number of methoxy groups -OCH3 is 1. The van der Waals surface area contributed by atoms with E-state index in [1.165, 1.54) is 0 Å². The zero-order chi connectivity index (χ0) is 26.1. The Labute approximate surface area is 223 Å². The average molecular weight is 527 g/mol. The number of carbonyl (C=O) groups excluding carboxylic acids is 2. The number of nitrogens with one attached hydrogen (secondary N) is 1. The lowest BCUT2D eigenvalue weighted by atomic mass is 10.0. The van der Waals surface area contributed by atoms with Crippen LogP contribution in [0.5, 0.6) is 5.75 Å². The Bertz CT molecular complexity index is 1170. The first-order valence-electron chi connectivity index (χ1n) is 12.0. The van der Waals surface area contributed by atoms with Crippen molar-refractivity contribution >= 4 is 35.0 Å². The first-order chi connectivity index (χ1) is 17.3. The molecule has 0 heterocycles. The molecule has 0 unspecified atom stereocenters. The number of halogens is 2. The summed E-state index contributed by atoms with van der Waals surface area (Å²) >= 11 is 12.3. The van der Waals surface area contributed by atoms with Gasteiger partial charge in [-0.25, -0.2) is 0 Å². The van der Waals surface area contributed by atoms with Crippen molar-refractivity contribution in [3.05, 3.63) is 99.5 Å². The molecule has 5 nitrogen and oxygen atoms in total. The second kappa shape index (κ2) is 13.3. The molecule has 1 N–H and O–H groups in total. The summed E-state index contributed by atoms with van der Waals surface area (Å²) in [5.74, 6) is 0.322. The van der Waals surface area contributed by atoms with Crippen LogP contribution in [0.15, 0.2) is 72.8 Å². The highest BCUT2D eigenvalue weighted by Gasteiger charge is 2.31. The van der Waals surface area contributed by atoms with E-state index < -0.39 is 6.04 Å². The second-order valence-electron chi connectivity index (χ2n) is 8.82. The lowest BCUT2D eigenvalue weighted by Gasteiger charge is -2.32. The minimum absolute atomic E-state index is 0.0142. The number of rotatable bonds is 11. The molecular formula is C29H32Cl2N2O3. The van der Waals surface area contributed by atoms with Gasteiger partial charge in [0, 0.05) is 19.0 Å². The Hall–Kier alpha value is -3.02. The third-order valence-electron chi connectivity index (χ3n) is 6.10. The van der Waals surface area contributed by atoms with Gasteiger partial charge in [-0.2, -0.15) is 0 Å². The van der Waals surface area contributed by atoms with Crippen LogP contribution in [-0.4, -0.2) is 35.9 Å². The Morgan fingerprint density at radius 2 is 1.64 bits per heavy atom. The van der Waals surface area contributed by atoms with Gasteiger partial charge in [-0.3, -0.25) is 9.59 Å². The van der Waals surface area contributed by atoms with E-state index in [-0.39, 0.29) is 30.8 Å². The van der Waals surface area contributed by atoms with Gasteiger partial charge in [-0.15, -0.1) is 0 Å². The molecule has 0 saturated heterocycles. The quantitative estimate of drug-likeness (QED) is 0.328. The fourth-order valence-corrected chi connectivity index (χ4v) is 4.21. The molecule has 0 aromatic heterocycles. The molecule has 0 saturated carbocycles. The number of nitrogens with zero attached hydrogens (tertiary/aromatic N) is 1. The predicted molar refractivity (Wildman–Crippen MR) is 146 cm³/mol. The predicted octanol–water partition coefficient (Wildman–Crippen LogP) is 6.10. The van der Waals surface area contributed by atoms with Crippen LogP contribution in [-0.2, 0) is 29.0 Å². The molecule has 190 valence electrons. The first-order valence-corrected chi connectivity index (χ1v) is 12.8. The van der Waals surface area contributed by atoms with Crippen molar-refractivity contribution in [2.45, 2.75) is 51.7 Å². The van der Waals surface area contributed by atoms with Crippen LogP contribution >= 0.6 is 23.2 Å². The molecule has 36 heavy (non-hydrogen) atoms. The fourth-order valence-electron chi connectivity index (χ4n) is 3.89. The lowest BCUT2D eigenvalue weighted by Crippen LogP contribution is -2.52. The van der Waals surface area contributed by atoms with Crippen molar-refractivity contribution in [1.82, 2.24) is 10.2 Å². The first kappa shape index (κ1) is 27.6. The van der Waals surface area contributed by atoms with E-state index >= 15 is 0 Å². The van der Waals surface area contributed by atoms with Crippen LogP contribution < -0.4 is 10.1 Å². The van der Waals surface area contributed by atoms with Crippen molar-refractivity contribution in [2.24, 2.45) is 0 Å². The molecule has 0 spiro atoms. The molecule has 3 aromatic carbocycles. The largest absolute Gasteiger partial charge is 0.497 e. The van der Waals surface area contributed by atoms with Gasteiger partial charge in [0.1, 0.15) is 11.8 Å². The zero-order valence-electron chi connectivity index (χ0n) is 20.8. The Morgan fingerprint density at radius 3 is 2.31 bits per heavy atom. The molecule has 0 bridgehead atoms. The van der Waals surface area contributed by atoms with E-state index in [4.69, 9.17) is 27.9 Å². The molecule has 3 aromatic rings. The topological polar surface area (TPSA) is 58.6 Å². The standard InChI is InChI=1S/C29H32Cl2N2O3/c1-4-20(2)32-29(35)27(17-21-9-6-5-7-10-21)33(19-23-11-8-12-24(15-23)36-3)28(34)18-22-13-14-25(30)26(31)16-22/h5-16,20,27H,4,17-19H2,1-3H3,(H,32,35)/t20-,27+/m1/s1. The molecule has 0 aliphatic rings. The maximum Gasteiger partial charge on any atom is 0.243 e. The van der Waals surface area contributed by atoms with Crippen LogP contribution in [0.4, 0.5) is 0 Å². The molecular weight excluding hydrogens is 495 g/mol. The van der Waals surface area contributed by atoms with Gasteiger partial charge in [0.2, 0.25) is 11.8 Å².